The standard InChI is InChI=1S/C33H32N2/c1-25(2)31-23-28(27-14-5-4-6-15-27)19-20-30(31)33-18-10-12-22-35(33)24-34-21-11-9-17-32(34)29-16-8-7-13-26(29)3/h4-23,25H,24H2,1-3H3/q+2. The minimum Gasteiger partial charge on any atom is -0.139 e. The minimum atomic E-state index is 0.411. The molecule has 2 heteroatoms. The number of hydrogen-bond donors (Lipinski definition) is 0. The van der Waals surface area contributed by atoms with E-state index in [-0.39, 0.29) is 0 Å². The van der Waals surface area contributed by atoms with Crippen molar-refractivity contribution >= 4 is 0 Å². The molecule has 5 rings (SSSR count). The maximum absolute atomic E-state index is 2.36. The Morgan fingerprint density at radius 2 is 1.17 bits per heavy atom. The molecule has 172 valence electrons. The molecule has 0 atom stereocenters. The summed E-state index contributed by atoms with van der Waals surface area (Å²) in [4.78, 5) is 0. The van der Waals surface area contributed by atoms with Crippen LogP contribution in [0.1, 0.15) is 30.9 Å². The van der Waals surface area contributed by atoms with Crippen LogP contribution in [0.3, 0.4) is 0 Å². The lowest BCUT2D eigenvalue weighted by atomic mass is 9.91. The van der Waals surface area contributed by atoms with Crippen molar-refractivity contribution in [1.82, 2.24) is 0 Å². The van der Waals surface area contributed by atoms with Crippen molar-refractivity contribution in [1.29, 1.82) is 0 Å². The van der Waals surface area contributed by atoms with Crippen LogP contribution < -0.4 is 9.13 Å². The molecule has 0 aliphatic carbocycles. The van der Waals surface area contributed by atoms with Gasteiger partial charge in [-0.3, -0.25) is 0 Å². The van der Waals surface area contributed by atoms with Crippen LogP contribution >= 0.6 is 0 Å². The summed E-state index contributed by atoms with van der Waals surface area (Å²) >= 11 is 0. The van der Waals surface area contributed by atoms with Crippen molar-refractivity contribution in [3.05, 3.63) is 133 Å². The number of benzene rings is 3. The van der Waals surface area contributed by atoms with Gasteiger partial charge < -0.3 is 0 Å². The summed E-state index contributed by atoms with van der Waals surface area (Å²) in [5.74, 6) is 0.411. The first kappa shape index (κ1) is 22.7. The summed E-state index contributed by atoms with van der Waals surface area (Å²) in [6.45, 7) is 7.47. The molecule has 35 heavy (non-hydrogen) atoms. The Morgan fingerprint density at radius 1 is 0.571 bits per heavy atom. The van der Waals surface area contributed by atoms with Crippen LogP contribution in [0.2, 0.25) is 0 Å². The Hall–Kier alpha value is -4.04. The first-order chi connectivity index (χ1) is 17.1. The van der Waals surface area contributed by atoms with E-state index in [9.17, 15) is 0 Å². The van der Waals surface area contributed by atoms with Crippen LogP contribution in [0.25, 0.3) is 33.6 Å². The fourth-order valence-electron chi connectivity index (χ4n) is 4.80. The molecule has 0 saturated heterocycles. The van der Waals surface area contributed by atoms with Gasteiger partial charge in [0.25, 0.3) is 0 Å². The van der Waals surface area contributed by atoms with Gasteiger partial charge in [-0.1, -0.05) is 74.5 Å². The lowest BCUT2D eigenvalue weighted by molar-refractivity contribution is -0.903. The van der Waals surface area contributed by atoms with Gasteiger partial charge in [0, 0.05) is 35.4 Å². The van der Waals surface area contributed by atoms with Crippen molar-refractivity contribution in [2.75, 3.05) is 0 Å². The molecule has 0 amide bonds. The Labute approximate surface area is 208 Å². The Bertz CT molecular complexity index is 1450. The summed E-state index contributed by atoms with van der Waals surface area (Å²) in [7, 11) is 0. The Balaban J connectivity index is 1.59. The van der Waals surface area contributed by atoms with Crippen molar-refractivity contribution in [2.45, 2.75) is 33.4 Å². The fourth-order valence-corrected chi connectivity index (χ4v) is 4.80. The third-order valence-corrected chi connectivity index (χ3v) is 6.66. The molecule has 2 nitrogen and oxygen atoms in total. The minimum absolute atomic E-state index is 0.411. The molecular weight excluding hydrogens is 424 g/mol. The predicted molar refractivity (Wildman–Crippen MR) is 144 cm³/mol. The number of nitrogens with zero attached hydrogens (tertiary/aromatic N) is 2. The highest BCUT2D eigenvalue weighted by atomic mass is 15.1. The Morgan fingerprint density at radius 3 is 1.83 bits per heavy atom. The quantitative estimate of drug-likeness (QED) is 0.239. The second-order valence-electron chi connectivity index (χ2n) is 9.39. The highest BCUT2D eigenvalue weighted by Crippen LogP contribution is 2.32. The molecule has 0 N–H and O–H groups in total. The number of aromatic nitrogens is 2. The van der Waals surface area contributed by atoms with Crippen molar-refractivity contribution in [3.63, 3.8) is 0 Å². The van der Waals surface area contributed by atoms with E-state index in [2.05, 4.69) is 151 Å². The summed E-state index contributed by atoms with van der Waals surface area (Å²) < 4.78 is 4.68. The summed E-state index contributed by atoms with van der Waals surface area (Å²) in [5.41, 5.74) is 10.2. The summed E-state index contributed by atoms with van der Waals surface area (Å²) in [5, 5.41) is 0. The van der Waals surface area contributed by atoms with E-state index in [0.29, 0.717) is 5.92 Å². The van der Waals surface area contributed by atoms with Crippen LogP contribution in [0, 0.1) is 6.92 Å². The maximum Gasteiger partial charge on any atom is 0.344 e. The maximum atomic E-state index is 2.36. The number of hydrogen-bond acceptors (Lipinski definition) is 0. The third-order valence-electron chi connectivity index (χ3n) is 6.66. The van der Waals surface area contributed by atoms with E-state index in [1.807, 2.05) is 0 Å². The predicted octanol–water partition coefficient (Wildman–Crippen LogP) is 7.20. The first-order valence-electron chi connectivity index (χ1n) is 12.3. The third kappa shape index (κ3) is 4.79. The number of aryl methyl sites for hydroxylation is 1. The van der Waals surface area contributed by atoms with Crippen LogP contribution in [-0.4, -0.2) is 0 Å². The van der Waals surface area contributed by atoms with Crippen LogP contribution in [0.5, 0.6) is 0 Å². The summed E-state index contributed by atoms with van der Waals surface area (Å²) in [6, 6.07) is 39.1. The zero-order chi connectivity index (χ0) is 24.2. The number of pyridine rings is 2. The first-order valence-corrected chi connectivity index (χ1v) is 12.3. The molecule has 2 aromatic heterocycles. The zero-order valence-corrected chi connectivity index (χ0v) is 20.7. The summed E-state index contributed by atoms with van der Waals surface area (Å²) in [6.07, 6.45) is 4.36. The van der Waals surface area contributed by atoms with E-state index in [4.69, 9.17) is 0 Å². The van der Waals surface area contributed by atoms with Crippen molar-refractivity contribution < 1.29 is 9.13 Å². The molecule has 0 saturated carbocycles. The Kier molecular flexibility index (Phi) is 6.54. The van der Waals surface area contributed by atoms with Crippen molar-refractivity contribution in [3.8, 4) is 33.6 Å². The smallest absolute Gasteiger partial charge is 0.139 e. The lowest BCUT2D eigenvalue weighted by Crippen LogP contribution is -2.53. The monoisotopic (exact) mass is 456 g/mol. The van der Waals surface area contributed by atoms with E-state index >= 15 is 0 Å². The molecule has 0 fully saturated rings. The van der Waals surface area contributed by atoms with E-state index in [0.717, 1.165) is 6.67 Å². The van der Waals surface area contributed by atoms with Crippen LogP contribution in [-0.2, 0) is 6.67 Å². The molecule has 0 aliphatic heterocycles. The lowest BCUT2D eigenvalue weighted by Gasteiger charge is -2.14. The van der Waals surface area contributed by atoms with Crippen molar-refractivity contribution in [2.24, 2.45) is 0 Å². The van der Waals surface area contributed by atoms with E-state index < -0.39 is 0 Å². The average molecular weight is 457 g/mol. The highest BCUT2D eigenvalue weighted by Gasteiger charge is 2.23. The largest absolute Gasteiger partial charge is 0.344 e. The van der Waals surface area contributed by atoms with Crippen LogP contribution in [0.15, 0.2) is 122 Å². The fraction of sp³-hybridized carbons (Fsp3) is 0.152. The molecular formula is C33H32N2+2. The highest BCUT2D eigenvalue weighted by molar-refractivity contribution is 5.71. The molecule has 2 heterocycles. The topological polar surface area (TPSA) is 7.76 Å². The normalized spacial score (nSPS) is 11.1. The average Bonchev–Trinajstić information content (AvgIpc) is 2.90. The number of rotatable bonds is 6. The van der Waals surface area contributed by atoms with E-state index in [1.54, 1.807) is 0 Å². The van der Waals surface area contributed by atoms with Gasteiger partial charge in [0.15, 0.2) is 12.4 Å². The SMILES string of the molecule is Cc1ccccc1-c1cccc[n+]1C[n+]1ccccc1-c1ccc(-c2ccccc2)cc1C(C)C. The molecule has 0 bridgehead atoms. The van der Waals surface area contributed by atoms with E-state index in [1.165, 1.54) is 44.8 Å². The molecule has 0 radical (unpaired) electrons. The van der Waals surface area contributed by atoms with Gasteiger partial charge in [-0.25, -0.2) is 0 Å². The molecule has 5 aromatic rings. The van der Waals surface area contributed by atoms with Gasteiger partial charge in [0.2, 0.25) is 11.4 Å². The molecule has 0 aliphatic rings. The molecule has 0 unspecified atom stereocenters. The van der Waals surface area contributed by atoms with Gasteiger partial charge in [0.1, 0.15) is 0 Å². The molecule has 3 aromatic carbocycles. The molecule has 0 spiro atoms. The van der Waals surface area contributed by atoms with Gasteiger partial charge >= 0.3 is 6.67 Å². The van der Waals surface area contributed by atoms with Gasteiger partial charge in [-0.15, -0.1) is 9.13 Å². The second kappa shape index (κ2) is 10.1. The van der Waals surface area contributed by atoms with Crippen LogP contribution in [0.4, 0.5) is 0 Å². The van der Waals surface area contributed by atoms with Gasteiger partial charge in [-0.05, 0) is 59.4 Å². The zero-order valence-electron chi connectivity index (χ0n) is 20.7. The second-order valence-corrected chi connectivity index (χ2v) is 9.39. The van der Waals surface area contributed by atoms with Gasteiger partial charge in [0.05, 0.1) is 0 Å². The van der Waals surface area contributed by atoms with Gasteiger partial charge in [-0.2, -0.15) is 0 Å².